The Labute approximate surface area is 154 Å². The van der Waals surface area contributed by atoms with Crippen LogP contribution in [0.1, 0.15) is 37.8 Å². The molecular weight excluding hydrogens is 330 g/mol. The lowest BCUT2D eigenvalue weighted by molar-refractivity contribution is -0.143. The van der Waals surface area contributed by atoms with Gasteiger partial charge < -0.3 is 14.8 Å². The predicted molar refractivity (Wildman–Crippen MR) is 99.9 cm³/mol. The number of hydrogen-bond acceptors (Lipinski definition) is 4. The zero-order chi connectivity index (χ0) is 19.2. The third-order valence-electron chi connectivity index (χ3n) is 3.78. The van der Waals surface area contributed by atoms with E-state index in [-0.39, 0.29) is 0 Å². The largest absolute Gasteiger partial charge is 0.467 e. The van der Waals surface area contributed by atoms with Crippen molar-refractivity contribution in [3.05, 3.63) is 71.8 Å². The topological polar surface area (TPSA) is 64.6 Å². The summed E-state index contributed by atoms with van der Waals surface area (Å²) in [6, 6.07) is 18.2. The van der Waals surface area contributed by atoms with E-state index in [0.717, 1.165) is 11.1 Å². The van der Waals surface area contributed by atoms with E-state index in [4.69, 9.17) is 9.47 Å². The first-order valence-corrected chi connectivity index (χ1v) is 8.49. The molecule has 1 atom stereocenters. The van der Waals surface area contributed by atoms with Gasteiger partial charge in [0.2, 0.25) is 0 Å². The third-order valence-corrected chi connectivity index (χ3v) is 3.78. The highest BCUT2D eigenvalue weighted by atomic mass is 16.6. The van der Waals surface area contributed by atoms with Crippen molar-refractivity contribution in [3.8, 4) is 0 Å². The maximum Gasteiger partial charge on any atom is 0.408 e. The number of alkyl carbamates (subject to hydrolysis) is 1. The van der Waals surface area contributed by atoms with E-state index < -0.39 is 29.6 Å². The Hall–Kier alpha value is -2.82. The maximum atomic E-state index is 12.5. The van der Waals surface area contributed by atoms with Gasteiger partial charge in [-0.1, -0.05) is 60.7 Å². The molecule has 0 saturated carbocycles. The van der Waals surface area contributed by atoms with E-state index in [1.165, 1.54) is 7.11 Å². The summed E-state index contributed by atoms with van der Waals surface area (Å²) in [6.45, 7) is 5.31. The van der Waals surface area contributed by atoms with Crippen molar-refractivity contribution in [2.75, 3.05) is 7.11 Å². The predicted octanol–water partition coefficient (Wildman–Crippen LogP) is 3.88. The van der Waals surface area contributed by atoms with Crippen molar-refractivity contribution < 1.29 is 19.1 Å². The summed E-state index contributed by atoms with van der Waals surface area (Å²) < 4.78 is 10.3. The van der Waals surface area contributed by atoms with Crippen LogP contribution in [0, 0.1) is 0 Å². The molecule has 0 bridgehead atoms. The molecule has 0 aliphatic heterocycles. The van der Waals surface area contributed by atoms with Crippen molar-refractivity contribution in [1.29, 1.82) is 0 Å². The number of amides is 1. The second kappa shape index (κ2) is 8.52. The molecule has 2 rings (SSSR count). The lowest BCUT2D eigenvalue weighted by Gasteiger charge is -2.28. The van der Waals surface area contributed by atoms with E-state index >= 15 is 0 Å². The Bertz CT molecular complexity index is 683. The molecular formula is C21H25NO4. The molecule has 5 nitrogen and oxygen atoms in total. The summed E-state index contributed by atoms with van der Waals surface area (Å²) in [5.74, 6) is -0.939. The van der Waals surface area contributed by atoms with Crippen LogP contribution in [0.3, 0.4) is 0 Å². The van der Waals surface area contributed by atoms with Gasteiger partial charge in [-0.05, 0) is 31.9 Å². The lowest BCUT2D eigenvalue weighted by atomic mass is 9.85. The summed E-state index contributed by atoms with van der Waals surface area (Å²) in [5, 5.41) is 2.69. The average molecular weight is 355 g/mol. The molecule has 2 aromatic carbocycles. The molecule has 1 unspecified atom stereocenters. The first-order valence-electron chi connectivity index (χ1n) is 8.49. The standard InChI is InChI=1S/C21H25NO4/c1-21(2,3)26-20(24)22-18(19(23)25-4)17(15-11-7-5-8-12-15)16-13-9-6-10-14-16/h5-14,17-18H,1-4H3,(H,22,24). The van der Waals surface area contributed by atoms with Gasteiger partial charge >= 0.3 is 12.1 Å². The number of carbonyl (C=O) groups excluding carboxylic acids is 2. The van der Waals surface area contributed by atoms with Crippen LogP contribution in [0.2, 0.25) is 0 Å². The number of ether oxygens (including phenoxy) is 2. The average Bonchev–Trinajstić information content (AvgIpc) is 2.61. The quantitative estimate of drug-likeness (QED) is 0.827. The zero-order valence-corrected chi connectivity index (χ0v) is 15.6. The molecule has 26 heavy (non-hydrogen) atoms. The second-order valence-electron chi connectivity index (χ2n) is 6.95. The van der Waals surface area contributed by atoms with Gasteiger partial charge in [0.15, 0.2) is 0 Å². The first-order chi connectivity index (χ1) is 12.3. The Morgan fingerprint density at radius 2 is 1.35 bits per heavy atom. The van der Waals surface area contributed by atoms with Gasteiger partial charge in [-0.2, -0.15) is 0 Å². The number of benzene rings is 2. The monoisotopic (exact) mass is 355 g/mol. The van der Waals surface area contributed by atoms with E-state index in [1.807, 2.05) is 60.7 Å². The molecule has 138 valence electrons. The van der Waals surface area contributed by atoms with Gasteiger partial charge in [0.25, 0.3) is 0 Å². The van der Waals surface area contributed by atoms with Crippen molar-refractivity contribution in [1.82, 2.24) is 5.32 Å². The van der Waals surface area contributed by atoms with Crippen LogP contribution >= 0.6 is 0 Å². The Kier molecular flexibility index (Phi) is 6.39. The van der Waals surface area contributed by atoms with E-state index in [1.54, 1.807) is 20.8 Å². The Balaban J connectivity index is 2.42. The fraction of sp³-hybridized carbons (Fsp3) is 0.333. The highest BCUT2D eigenvalue weighted by Gasteiger charge is 2.34. The van der Waals surface area contributed by atoms with Gasteiger partial charge in [0.05, 0.1) is 7.11 Å². The molecule has 0 heterocycles. The fourth-order valence-electron chi connectivity index (χ4n) is 2.74. The molecule has 2 aromatic rings. The van der Waals surface area contributed by atoms with Gasteiger partial charge in [-0.15, -0.1) is 0 Å². The summed E-state index contributed by atoms with van der Waals surface area (Å²) in [7, 11) is 1.30. The van der Waals surface area contributed by atoms with Crippen LogP contribution in [0.5, 0.6) is 0 Å². The Morgan fingerprint density at radius 1 is 0.885 bits per heavy atom. The highest BCUT2D eigenvalue weighted by Crippen LogP contribution is 2.29. The van der Waals surface area contributed by atoms with Crippen LogP contribution in [0.25, 0.3) is 0 Å². The zero-order valence-electron chi connectivity index (χ0n) is 15.6. The highest BCUT2D eigenvalue weighted by molar-refractivity contribution is 5.83. The minimum atomic E-state index is -0.917. The third kappa shape index (κ3) is 5.34. The maximum absolute atomic E-state index is 12.5. The van der Waals surface area contributed by atoms with Gasteiger partial charge in [-0.25, -0.2) is 9.59 Å². The van der Waals surface area contributed by atoms with Gasteiger partial charge in [-0.3, -0.25) is 0 Å². The van der Waals surface area contributed by atoms with Crippen LogP contribution in [-0.2, 0) is 14.3 Å². The van der Waals surface area contributed by atoms with Gasteiger partial charge in [0.1, 0.15) is 11.6 Å². The molecule has 0 aliphatic rings. The van der Waals surface area contributed by atoms with Crippen molar-refractivity contribution in [2.45, 2.75) is 38.3 Å². The normalized spacial score (nSPS) is 12.3. The smallest absolute Gasteiger partial charge is 0.408 e. The molecule has 0 saturated heterocycles. The number of esters is 1. The molecule has 0 fully saturated rings. The SMILES string of the molecule is COC(=O)C(NC(=O)OC(C)(C)C)C(c1ccccc1)c1ccccc1. The van der Waals surface area contributed by atoms with E-state index in [0.29, 0.717) is 0 Å². The molecule has 0 radical (unpaired) electrons. The minimum Gasteiger partial charge on any atom is -0.467 e. The fourth-order valence-corrected chi connectivity index (χ4v) is 2.74. The van der Waals surface area contributed by atoms with Crippen molar-refractivity contribution in [2.24, 2.45) is 0 Å². The molecule has 0 aliphatic carbocycles. The number of hydrogen-bond donors (Lipinski definition) is 1. The molecule has 0 spiro atoms. The summed E-state index contributed by atoms with van der Waals surface area (Å²) in [6.07, 6.45) is -0.662. The van der Waals surface area contributed by atoms with E-state index in [9.17, 15) is 9.59 Å². The van der Waals surface area contributed by atoms with Gasteiger partial charge in [0, 0.05) is 5.92 Å². The second-order valence-corrected chi connectivity index (χ2v) is 6.95. The molecule has 5 heteroatoms. The lowest BCUT2D eigenvalue weighted by Crippen LogP contribution is -2.47. The first kappa shape index (κ1) is 19.5. The van der Waals surface area contributed by atoms with Crippen LogP contribution in [-0.4, -0.2) is 30.8 Å². The minimum absolute atomic E-state index is 0.405. The molecule has 1 N–H and O–H groups in total. The summed E-state index contributed by atoms with van der Waals surface area (Å²) in [4.78, 5) is 24.8. The number of carbonyl (C=O) groups is 2. The summed E-state index contributed by atoms with van der Waals surface area (Å²) >= 11 is 0. The number of rotatable bonds is 5. The molecule has 1 amide bonds. The van der Waals surface area contributed by atoms with Crippen molar-refractivity contribution >= 4 is 12.1 Å². The Morgan fingerprint density at radius 3 is 1.73 bits per heavy atom. The molecule has 0 aromatic heterocycles. The van der Waals surface area contributed by atoms with Crippen LogP contribution in [0.4, 0.5) is 4.79 Å². The van der Waals surface area contributed by atoms with E-state index in [2.05, 4.69) is 5.32 Å². The van der Waals surface area contributed by atoms with Crippen LogP contribution in [0.15, 0.2) is 60.7 Å². The number of methoxy groups -OCH3 is 1. The van der Waals surface area contributed by atoms with Crippen LogP contribution < -0.4 is 5.32 Å². The number of nitrogens with one attached hydrogen (secondary N) is 1. The summed E-state index contributed by atoms with van der Waals surface area (Å²) in [5.41, 5.74) is 1.12. The van der Waals surface area contributed by atoms with Crippen molar-refractivity contribution in [3.63, 3.8) is 0 Å².